The molecule has 0 saturated carbocycles. The summed E-state index contributed by atoms with van der Waals surface area (Å²) in [4.78, 5) is 8.81. The van der Waals surface area contributed by atoms with E-state index in [1.165, 1.54) is 0 Å². The Morgan fingerprint density at radius 1 is 1.44 bits per heavy atom. The van der Waals surface area contributed by atoms with Crippen LogP contribution in [-0.4, -0.2) is 29.9 Å². The lowest BCUT2D eigenvalue weighted by Crippen LogP contribution is -2.16. The van der Waals surface area contributed by atoms with Gasteiger partial charge < -0.3 is 5.43 Å². The molecule has 1 unspecified atom stereocenters. The van der Waals surface area contributed by atoms with Crippen LogP contribution in [0.4, 0.5) is 5.82 Å². The molecule has 100 valence electrons. The van der Waals surface area contributed by atoms with Gasteiger partial charge in [0.1, 0.15) is 11.6 Å². The number of sulfone groups is 1. The van der Waals surface area contributed by atoms with Crippen LogP contribution in [0, 0.1) is 6.92 Å². The predicted molar refractivity (Wildman–Crippen MR) is 70.0 cm³/mol. The van der Waals surface area contributed by atoms with Gasteiger partial charge in [-0.15, -0.1) is 0 Å². The topological polar surface area (TPSA) is 98.0 Å². The number of rotatable bonds is 3. The minimum atomic E-state index is -2.92. The van der Waals surface area contributed by atoms with Crippen molar-refractivity contribution in [2.45, 2.75) is 32.6 Å². The summed E-state index contributed by atoms with van der Waals surface area (Å²) in [6.07, 6.45) is 1.37. The highest BCUT2D eigenvalue weighted by molar-refractivity contribution is 7.91. The molecule has 1 aromatic heterocycles. The van der Waals surface area contributed by atoms with Gasteiger partial charge in [0, 0.05) is 17.2 Å². The van der Waals surface area contributed by atoms with Crippen LogP contribution in [0.3, 0.4) is 0 Å². The Morgan fingerprint density at radius 3 is 2.67 bits per heavy atom. The van der Waals surface area contributed by atoms with Gasteiger partial charge in [-0.3, -0.25) is 0 Å². The van der Waals surface area contributed by atoms with Crippen molar-refractivity contribution < 1.29 is 8.42 Å². The molecule has 1 atom stereocenters. The van der Waals surface area contributed by atoms with Crippen LogP contribution in [0.1, 0.15) is 36.3 Å². The molecule has 2 heterocycles. The first-order chi connectivity index (χ1) is 8.46. The summed E-state index contributed by atoms with van der Waals surface area (Å²) in [6.45, 7) is 3.91. The second-order valence-electron chi connectivity index (χ2n) is 4.60. The Balaban J connectivity index is 2.40. The Morgan fingerprint density at radius 2 is 2.17 bits per heavy atom. The van der Waals surface area contributed by atoms with Crippen molar-refractivity contribution in [1.29, 1.82) is 0 Å². The fourth-order valence-electron chi connectivity index (χ4n) is 2.25. The van der Waals surface area contributed by atoms with E-state index in [2.05, 4.69) is 15.4 Å². The number of nitrogens with one attached hydrogen (secondary N) is 1. The number of hydrogen-bond acceptors (Lipinski definition) is 6. The summed E-state index contributed by atoms with van der Waals surface area (Å²) in [6, 6.07) is 0. The van der Waals surface area contributed by atoms with Crippen LogP contribution >= 0.6 is 0 Å². The zero-order chi connectivity index (χ0) is 13.3. The highest BCUT2D eigenvalue weighted by Crippen LogP contribution is 2.28. The molecule has 18 heavy (non-hydrogen) atoms. The van der Waals surface area contributed by atoms with Gasteiger partial charge >= 0.3 is 0 Å². The molecule has 0 amide bonds. The number of aryl methyl sites for hydroxylation is 1. The number of aromatic nitrogens is 2. The standard InChI is InChI=1S/C11H18N4O2S/c1-3-9-7(2)10(15-12)14-11(13-9)8-4-5-18(16,17)6-8/h8H,3-6,12H2,1-2H3,(H,13,14,15). The first kappa shape index (κ1) is 13.2. The van der Waals surface area contributed by atoms with E-state index in [1.807, 2.05) is 13.8 Å². The van der Waals surface area contributed by atoms with Crippen molar-refractivity contribution in [2.24, 2.45) is 5.84 Å². The third kappa shape index (κ3) is 2.46. The minimum absolute atomic E-state index is 0.104. The van der Waals surface area contributed by atoms with Crippen LogP contribution in [0.2, 0.25) is 0 Å². The molecule has 0 aromatic carbocycles. The highest BCUT2D eigenvalue weighted by Gasteiger charge is 2.31. The lowest BCUT2D eigenvalue weighted by molar-refractivity contribution is 0.601. The Bertz CT molecular complexity index is 531. The largest absolute Gasteiger partial charge is 0.308 e. The van der Waals surface area contributed by atoms with Crippen molar-refractivity contribution in [2.75, 3.05) is 16.9 Å². The maximum absolute atomic E-state index is 11.5. The molecule has 0 radical (unpaired) electrons. The van der Waals surface area contributed by atoms with Crippen molar-refractivity contribution in [1.82, 2.24) is 9.97 Å². The van der Waals surface area contributed by atoms with Gasteiger partial charge in [-0.2, -0.15) is 0 Å². The van der Waals surface area contributed by atoms with Crippen molar-refractivity contribution in [3.05, 3.63) is 17.1 Å². The van der Waals surface area contributed by atoms with Gasteiger partial charge in [0.25, 0.3) is 0 Å². The SMILES string of the molecule is CCc1nc(C2CCS(=O)(=O)C2)nc(NN)c1C. The number of anilines is 1. The fourth-order valence-corrected chi connectivity index (χ4v) is 3.99. The molecule has 0 spiro atoms. The average molecular weight is 270 g/mol. The van der Waals surface area contributed by atoms with Crippen molar-refractivity contribution >= 4 is 15.7 Å². The Kier molecular flexibility index (Phi) is 3.54. The molecule has 1 saturated heterocycles. The number of nitrogen functional groups attached to an aromatic ring is 1. The predicted octanol–water partition coefficient (Wildman–Crippen LogP) is 0.535. The average Bonchev–Trinajstić information content (AvgIpc) is 2.70. The molecule has 2 rings (SSSR count). The molecule has 1 aliphatic rings. The van der Waals surface area contributed by atoms with Gasteiger partial charge in [-0.1, -0.05) is 6.92 Å². The van der Waals surface area contributed by atoms with Gasteiger partial charge in [0.05, 0.1) is 11.5 Å². The summed E-state index contributed by atoms with van der Waals surface area (Å²) >= 11 is 0. The summed E-state index contributed by atoms with van der Waals surface area (Å²) in [5, 5.41) is 0. The van der Waals surface area contributed by atoms with E-state index >= 15 is 0 Å². The smallest absolute Gasteiger partial charge is 0.151 e. The molecule has 0 aliphatic carbocycles. The Hall–Kier alpha value is -1.21. The molecule has 7 heteroatoms. The number of nitrogens with zero attached hydrogens (tertiary/aromatic N) is 2. The second kappa shape index (κ2) is 4.81. The summed E-state index contributed by atoms with van der Waals surface area (Å²) in [5.41, 5.74) is 4.39. The molecular formula is C11H18N4O2S. The van der Waals surface area contributed by atoms with Gasteiger partial charge in [-0.25, -0.2) is 24.2 Å². The summed E-state index contributed by atoms with van der Waals surface area (Å²) < 4.78 is 23.0. The molecule has 6 nitrogen and oxygen atoms in total. The van der Waals surface area contributed by atoms with E-state index in [-0.39, 0.29) is 17.4 Å². The third-order valence-corrected chi connectivity index (χ3v) is 5.10. The normalized spacial score (nSPS) is 22.1. The minimum Gasteiger partial charge on any atom is -0.308 e. The number of nitrogens with two attached hydrogens (primary N) is 1. The van der Waals surface area contributed by atoms with E-state index in [0.29, 0.717) is 18.1 Å². The first-order valence-corrected chi connectivity index (χ1v) is 7.83. The number of hydrazine groups is 1. The van der Waals surface area contributed by atoms with E-state index in [4.69, 9.17) is 5.84 Å². The number of hydrogen-bond donors (Lipinski definition) is 2. The quantitative estimate of drug-likeness (QED) is 0.614. The second-order valence-corrected chi connectivity index (χ2v) is 6.83. The van der Waals surface area contributed by atoms with E-state index in [1.54, 1.807) is 0 Å². The van der Waals surface area contributed by atoms with Gasteiger partial charge in [-0.05, 0) is 19.8 Å². The van der Waals surface area contributed by atoms with Crippen molar-refractivity contribution in [3.63, 3.8) is 0 Å². The van der Waals surface area contributed by atoms with Crippen LogP contribution < -0.4 is 11.3 Å². The molecular weight excluding hydrogens is 252 g/mol. The lowest BCUT2D eigenvalue weighted by Gasteiger charge is -2.13. The lowest BCUT2D eigenvalue weighted by atomic mass is 10.1. The summed E-state index contributed by atoms with van der Waals surface area (Å²) in [7, 11) is -2.92. The van der Waals surface area contributed by atoms with Gasteiger partial charge in [0.15, 0.2) is 9.84 Å². The molecule has 1 aromatic rings. The van der Waals surface area contributed by atoms with E-state index in [0.717, 1.165) is 17.7 Å². The molecule has 1 aliphatic heterocycles. The zero-order valence-corrected chi connectivity index (χ0v) is 11.4. The zero-order valence-electron chi connectivity index (χ0n) is 10.6. The van der Waals surface area contributed by atoms with Crippen LogP contribution in [-0.2, 0) is 16.3 Å². The van der Waals surface area contributed by atoms with Crippen molar-refractivity contribution in [3.8, 4) is 0 Å². The summed E-state index contributed by atoms with van der Waals surface area (Å²) in [5.74, 6) is 6.87. The molecule has 0 bridgehead atoms. The Labute approximate surface area is 107 Å². The van der Waals surface area contributed by atoms with Crippen LogP contribution in [0.15, 0.2) is 0 Å². The maximum atomic E-state index is 11.5. The van der Waals surface area contributed by atoms with E-state index < -0.39 is 9.84 Å². The highest BCUT2D eigenvalue weighted by atomic mass is 32.2. The van der Waals surface area contributed by atoms with Gasteiger partial charge in [0.2, 0.25) is 0 Å². The molecule has 3 N–H and O–H groups in total. The third-order valence-electron chi connectivity index (χ3n) is 3.33. The van der Waals surface area contributed by atoms with Crippen LogP contribution in [0.5, 0.6) is 0 Å². The monoisotopic (exact) mass is 270 g/mol. The fraction of sp³-hybridized carbons (Fsp3) is 0.636. The molecule has 1 fully saturated rings. The first-order valence-electron chi connectivity index (χ1n) is 6.01. The maximum Gasteiger partial charge on any atom is 0.151 e. The van der Waals surface area contributed by atoms with Crippen LogP contribution in [0.25, 0.3) is 0 Å². The van der Waals surface area contributed by atoms with E-state index in [9.17, 15) is 8.42 Å².